The van der Waals surface area contributed by atoms with Gasteiger partial charge in [0.05, 0.1) is 21.3 Å². The third kappa shape index (κ3) is 6.97. The standard InChI is InChI=1S/C25H31Cl2N5O2S/c1-32(2)24-20-5-3-4-6-23(20)30-25(31-24)28-14-17-7-9-18(10-8-17)15-29-35(33,34)16-19-11-12-21(26)22(27)13-19/h3-6,11-13,17-18,29H,7-10,14-16H2,1-2H3,(H,28,30,31)/t17-,18-. The Labute approximate surface area is 217 Å². The van der Waals surface area contributed by atoms with Crippen LogP contribution in [0.3, 0.4) is 0 Å². The second-order valence-electron chi connectivity index (χ2n) is 9.41. The Morgan fingerprint density at radius 2 is 1.63 bits per heavy atom. The Bertz CT molecular complexity index is 1280. The SMILES string of the molecule is CN(C)c1nc(NC[C@H]2CC[C@H](CNS(=O)(=O)Cc3ccc(Cl)c(Cl)c3)CC2)nc2ccccc12. The molecule has 0 unspecified atom stereocenters. The van der Waals surface area contributed by atoms with Crippen molar-refractivity contribution in [1.82, 2.24) is 14.7 Å². The van der Waals surface area contributed by atoms with Crippen molar-refractivity contribution < 1.29 is 8.42 Å². The monoisotopic (exact) mass is 535 g/mol. The van der Waals surface area contributed by atoms with Gasteiger partial charge in [0.15, 0.2) is 0 Å². The van der Waals surface area contributed by atoms with Crippen LogP contribution in [0.25, 0.3) is 10.9 Å². The summed E-state index contributed by atoms with van der Waals surface area (Å²) in [4.78, 5) is 11.4. The first-order chi connectivity index (χ1) is 16.7. The van der Waals surface area contributed by atoms with Gasteiger partial charge in [0.1, 0.15) is 5.82 Å². The molecule has 4 rings (SSSR count). The molecule has 1 aromatic heterocycles. The second-order valence-corrected chi connectivity index (χ2v) is 12.0. The van der Waals surface area contributed by atoms with Crippen LogP contribution in [0.4, 0.5) is 11.8 Å². The van der Waals surface area contributed by atoms with Crippen molar-refractivity contribution in [2.45, 2.75) is 31.4 Å². The number of hydrogen-bond acceptors (Lipinski definition) is 6. The van der Waals surface area contributed by atoms with Crippen LogP contribution in [0, 0.1) is 11.8 Å². The maximum absolute atomic E-state index is 12.5. The minimum atomic E-state index is -3.44. The van der Waals surface area contributed by atoms with Gasteiger partial charge in [0.2, 0.25) is 16.0 Å². The highest BCUT2D eigenvalue weighted by Gasteiger charge is 2.23. The number of nitrogens with zero attached hydrogens (tertiary/aromatic N) is 3. The van der Waals surface area contributed by atoms with Crippen LogP contribution in [0.15, 0.2) is 42.5 Å². The number of para-hydroxylation sites is 1. The van der Waals surface area contributed by atoms with Crippen molar-refractivity contribution in [1.29, 1.82) is 0 Å². The number of sulfonamides is 1. The fraction of sp³-hybridized carbons (Fsp3) is 0.440. The summed E-state index contributed by atoms with van der Waals surface area (Å²) in [7, 11) is 0.532. The molecule has 10 heteroatoms. The predicted octanol–water partition coefficient (Wildman–Crippen LogP) is 5.34. The molecule has 2 aromatic carbocycles. The van der Waals surface area contributed by atoms with E-state index in [1.807, 2.05) is 43.3 Å². The van der Waals surface area contributed by atoms with Crippen molar-refractivity contribution in [3.05, 3.63) is 58.1 Å². The van der Waals surface area contributed by atoms with Crippen LogP contribution in [0.1, 0.15) is 31.2 Å². The smallest absolute Gasteiger partial charge is 0.225 e. The van der Waals surface area contributed by atoms with Crippen molar-refractivity contribution in [2.24, 2.45) is 11.8 Å². The van der Waals surface area contributed by atoms with E-state index in [-0.39, 0.29) is 5.75 Å². The maximum Gasteiger partial charge on any atom is 0.225 e. The van der Waals surface area contributed by atoms with Crippen LogP contribution in [-0.2, 0) is 15.8 Å². The zero-order valence-electron chi connectivity index (χ0n) is 20.0. The molecule has 0 amide bonds. The van der Waals surface area contributed by atoms with E-state index in [1.165, 1.54) is 0 Å². The van der Waals surface area contributed by atoms with Crippen LogP contribution in [-0.4, -0.2) is 45.6 Å². The molecule has 1 heterocycles. The predicted molar refractivity (Wildman–Crippen MR) is 145 cm³/mol. The average molecular weight is 537 g/mol. The summed E-state index contributed by atoms with van der Waals surface area (Å²) in [6.45, 7) is 1.27. The molecule has 1 saturated carbocycles. The molecule has 35 heavy (non-hydrogen) atoms. The van der Waals surface area contributed by atoms with Gasteiger partial charge in [-0.1, -0.05) is 41.4 Å². The molecule has 0 spiro atoms. The first-order valence-electron chi connectivity index (χ1n) is 11.8. The van der Waals surface area contributed by atoms with E-state index in [9.17, 15) is 8.42 Å². The summed E-state index contributed by atoms with van der Waals surface area (Å²) in [6.07, 6.45) is 4.06. The summed E-state index contributed by atoms with van der Waals surface area (Å²) in [6, 6.07) is 12.9. The molecule has 0 atom stereocenters. The molecular weight excluding hydrogens is 505 g/mol. The normalized spacial score (nSPS) is 18.5. The highest BCUT2D eigenvalue weighted by atomic mass is 35.5. The number of benzene rings is 2. The summed E-state index contributed by atoms with van der Waals surface area (Å²) in [5.41, 5.74) is 1.54. The Balaban J connectivity index is 1.25. The summed E-state index contributed by atoms with van der Waals surface area (Å²) < 4.78 is 27.8. The quantitative estimate of drug-likeness (QED) is 0.384. The van der Waals surface area contributed by atoms with E-state index in [0.29, 0.717) is 39.9 Å². The highest BCUT2D eigenvalue weighted by Crippen LogP contribution is 2.30. The lowest BCUT2D eigenvalue weighted by molar-refractivity contribution is 0.284. The molecule has 3 aromatic rings. The third-order valence-electron chi connectivity index (χ3n) is 6.45. The van der Waals surface area contributed by atoms with Crippen molar-refractivity contribution >= 4 is 55.9 Å². The first-order valence-corrected chi connectivity index (χ1v) is 14.2. The number of hydrogen-bond donors (Lipinski definition) is 2. The molecule has 2 N–H and O–H groups in total. The molecule has 0 bridgehead atoms. The molecule has 188 valence electrons. The lowest BCUT2D eigenvalue weighted by Gasteiger charge is -2.28. The Morgan fingerprint density at radius 1 is 0.943 bits per heavy atom. The van der Waals surface area contributed by atoms with E-state index in [2.05, 4.69) is 15.0 Å². The molecule has 1 fully saturated rings. The molecular formula is C25H31Cl2N5O2S. The first kappa shape index (κ1) is 25.9. The zero-order chi connectivity index (χ0) is 25.0. The van der Waals surface area contributed by atoms with E-state index in [1.54, 1.807) is 18.2 Å². The topological polar surface area (TPSA) is 87.2 Å². The van der Waals surface area contributed by atoms with Crippen molar-refractivity contribution in [2.75, 3.05) is 37.4 Å². The average Bonchev–Trinajstić information content (AvgIpc) is 2.83. The minimum Gasteiger partial charge on any atom is -0.362 e. The van der Waals surface area contributed by atoms with Crippen molar-refractivity contribution in [3.63, 3.8) is 0 Å². The summed E-state index contributed by atoms with van der Waals surface area (Å²) in [5, 5.41) is 5.23. The van der Waals surface area contributed by atoms with Gasteiger partial charge in [0.25, 0.3) is 0 Å². The van der Waals surface area contributed by atoms with Gasteiger partial charge in [-0.25, -0.2) is 18.1 Å². The van der Waals surface area contributed by atoms with Crippen LogP contribution in [0.5, 0.6) is 0 Å². The van der Waals surface area contributed by atoms with Crippen LogP contribution < -0.4 is 14.9 Å². The Hall–Kier alpha value is -2.13. The van der Waals surface area contributed by atoms with E-state index in [0.717, 1.165) is 48.9 Å². The number of rotatable bonds is 9. The van der Waals surface area contributed by atoms with E-state index in [4.69, 9.17) is 28.2 Å². The van der Waals surface area contributed by atoms with Gasteiger partial charge in [-0.3, -0.25) is 0 Å². The van der Waals surface area contributed by atoms with Crippen LogP contribution >= 0.6 is 23.2 Å². The van der Waals surface area contributed by atoms with Gasteiger partial charge in [-0.05, 0) is 67.3 Å². The molecule has 0 saturated heterocycles. The lowest BCUT2D eigenvalue weighted by atomic mass is 9.82. The fourth-order valence-electron chi connectivity index (χ4n) is 4.50. The van der Waals surface area contributed by atoms with Gasteiger partial charge in [0, 0.05) is 32.6 Å². The van der Waals surface area contributed by atoms with Crippen molar-refractivity contribution in [3.8, 4) is 0 Å². The summed E-state index contributed by atoms with van der Waals surface area (Å²) >= 11 is 11.9. The van der Waals surface area contributed by atoms with Gasteiger partial charge < -0.3 is 10.2 Å². The minimum absolute atomic E-state index is 0.107. The zero-order valence-corrected chi connectivity index (χ0v) is 22.3. The molecule has 0 radical (unpaired) electrons. The number of nitrogens with one attached hydrogen (secondary N) is 2. The molecule has 7 nitrogen and oxygen atoms in total. The van der Waals surface area contributed by atoms with Gasteiger partial charge >= 0.3 is 0 Å². The maximum atomic E-state index is 12.5. The number of aromatic nitrogens is 2. The van der Waals surface area contributed by atoms with Gasteiger partial charge in [-0.15, -0.1) is 0 Å². The second kappa shape index (κ2) is 11.3. The molecule has 1 aliphatic rings. The highest BCUT2D eigenvalue weighted by molar-refractivity contribution is 7.88. The van der Waals surface area contributed by atoms with E-state index < -0.39 is 10.0 Å². The third-order valence-corrected chi connectivity index (χ3v) is 8.51. The lowest BCUT2D eigenvalue weighted by Crippen LogP contribution is -2.33. The van der Waals surface area contributed by atoms with Crippen LogP contribution in [0.2, 0.25) is 10.0 Å². The Morgan fingerprint density at radius 3 is 2.31 bits per heavy atom. The largest absolute Gasteiger partial charge is 0.362 e. The molecule has 1 aliphatic carbocycles. The van der Waals surface area contributed by atoms with Gasteiger partial charge in [-0.2, -0.15) is 4.98 Å². The summed E-state index contributed by atoms with van der Waals surface area (Å²) in [5.74, 6) is 2.28. The number of anilines is 2. The number of fused-ring (bicyclic) bond motifs is 1. The van der Waals surface area contributed by atoms with E-state index >= 15 is 0 Å². The Kier molecular flexibility index (Phi) is 8.37. The molecule has 0 aliphatic heterocycles. The number of halogens is 2. The fourth-order valence-corrected chi connectivity index (χ4v) is 6.03.